The van der Waals surface area contributed by atoms with Crippen LogP contribution in [0.2, 0.25) is 10.0 Å². The molecule has 2 aromatic rings. The van der Waals surface area contributed by atoms with E-state index in [1.54, 1.807) is 48.5 Å². The van der Waals surface area contributed by atoms with Crippen LogP contribution in [0.3, 0.4) is 0 Å². The van der Waals surface area contributed by atoms with Crippen LogP contribution in [0.5, 0.6) is 0 Å². The molecule has 0 aromatic heterocycles. The topological polar surface area (TPSA) is 70.6 Å². The third-order valence-corrected chi connectivity index (χ3v) is 3.06. The van der Waals surface area contributed by atoms with Gasteiger partial charge in [-0.3, -0.25) is 9.59 Å². The van der Waals surface area contributed by atoms with Gasteiger partial charge in [0, 0.05) is 15.7 Å². The molecule has 0 aliphatic carbocycles. The van der Waals surface area contributed by atoms with Crippen molar-refractivity contribution in [2.24, 2.45) is 5.10 Å². The summed E-state index contributed by atoms with van der Waals surface area (Å²) in [6.45, 7) is 0. The molecule has 0 atom stereocenters. The van der Waals surface area contributed by atoms with Crippen molar-refractivity contribution in [2.45, 2.75) is 0 Å². The lowest BCUT2D eigenvalue weighted by Gasteiger charge is -2.03. The van der Waals surface area contributed by atoms with Crippen molar-refractivity contribution in [1.82, 2.24) is 5.43 Å². The van der Waals surface area contributed by atoms with Crippen molar-refractivity contribution < 1.29 is 9.59 Å². The zero-order valence-electron chi connectivity index (χ0n) is 11.2. The molecule has 22 heavy (non-hydrogen) atoms. The summed E-state index contributed by atoms with van der Waals surface area (Å²) in [5, 5.41) is 7.26. The van der Waals surface area contributed by atoms with Gasteiger partial charge in [0.25, 0.3) is 0 Å². The van der Waals surface area contributed by atoms with Gasteiger partial charge < -0.3 is 5.32 Å². The number of hydrogen-bond acceptors (Lipinski definition) is 3. The second-order valence-electron chi connectivity index (χ2n) is 4.21. The molecule has 0 saturated heterocycles. The minimum Gasteiger partial charge on any atom is -0.318 e. The molecule has 0 heterocycles. The molecule has 2 amide bonds. The summed E-state index contributed by atoms with van der Waals surface area (Å²) in [5.74, 6) is -1.70. The van der Waals surface area contributed by atoms with Gasteiger partial charge in [0.1, 0.15) is 0 Å². The molecule has 0 fully saturated rings. The molecule has 0 radical (unpaired) electrons. The van der Waals surface area contributed by atoms with Crippen LogP contribution in [-0.4, -0.2) is 18.0 Å². The lowest BCUT2D eigenvalue weighted by atomic mass is 10.2. The van der Waals surface area contributed by atoms with Gasteiger partial charge in [-0.2, -0.15) is 5.10 Å². The molecular formula is C15H11Cl2N3O2. The zero-order chi connectivity index (χ0) is 15.9. The molecule has 5 nitrogen and oxygen atoms in total. The van der Waals surface area contributed by atoms with E-state index in [2.05, 4.69) is 15.8 Å². The summed E-state index contributed by atoms with van der Waals surface area (Å²) < 4.78 is 0. The first-order valence-electron chi connectivity index (χ1n) is 6.20. The van der Waals surface area contributed by atoms with Gasteiger partial charge in [-0.15, -0.1) is 0 Å². The minimum atomic E-state index is -0.875. The molecule has 2 rings (SSSR count). The van der Waals surface area contributed by atoms with Gasteiger partial charge in [-0.25, -0.2) is 5.43 Å². The highest BCUT2D eigenvalue weighted by molar-refractivity contribution is 6.39. The second-order valence-corrected chi connectivity index (χ2v) is 5.08. The molecule has 7 heteroatoms. The summed E-state index contributed by atoms with van der Waals surface area (Å²) >= 11 is 11.5. The number of carbonyl (C=O) groups is 2. The fourth-order valence-electron chi connectivity index (χ4n) is 1.49. The Hall–Kier alpha value is -2.37. The fraction of sp³-hybridized carbons (Fsp3) is 0. The van der Waals surface area contributed by atoms with Crippen LogP contribution in [0, 0.1) is 0 Å². The first-order valence-corrected chi connectivity index (χ1v) is 6.96. The molecule has 0 saturated carbocycles. The van der Waals surface area contributed by atoms with E-state index in [0.29, 0.717) is 15.7 Å². The SMILES string of the molecule is O=C(NN=Cc1ccc(Cl)cc1)C(=O)Nc1ccc(Cl)cc1. The van der Waals surface area contributed by atoms with Crippen molar-refractivity contribution in [3.05, 3.63) is 64.1 Å². The predicted molar refractivity (Wildman–Crippen MR) is 87.3 cm³/mol. The van der Waals surface area contributed by atoms with E-state index in [4.69, 9.17) is 23.2 Å². The average Bonchev–Trinajstić information content (AvgIpc) is 2.51. The Bertz CT molecular complexity index is 698. The van der Waals surface area contributed by atoms with E-state index in [1.165, 1.54) is 6.21 Å². The number of nitrogens with one attached hydrogen (secondary N) is 2. The summed E-state index contributed by atoms with van der Waals surface area (Å²) in [6, 6.07) is 13.2. The lowest BCUT2D eigenvalue weighted by Crippen LogP contribution is -2.32. The highest BCUT2D eigenvalue weighted by Gasteiger charge is 2.12. The van der Waals surface area contributed by atoms with E-state index in [1.807, 2.05) is 0 Å². The fourth-order valence-corrected chi connectivity index (χ4v) is 1.74. The number of benzene rings is 2. The Morgan fingerprint density at radius 3 is 2.00 bits per heavy atom. The molecule has 112 valence electrons. The molecule has 0 aliphatic heterocycles. The van der Waals surface area contributed by atoms with Crippen molar-refractivity contribution in [1.29, 1.82) is 0 Å². The predicted octanol–water partition coefficient (Wildman–Crippen LogP) is 3.08. The maximum atomic E-state index is 11.6. The van der Waals surface area contributed by atoms with E-state index in [9.17, 15) is 9.59 Å². The molecule has 2 N–H and O–H groups in total. The standard InChI is InChI=1S/C15H11Cl2N3O2/c16-11-3-1-10(2-4-11)9-18-20-15(22)14(21)19-13-7-5-12(17)6-8-13/h1-9H,(H,19,21)(H,20,22). The maximum absolute atomic E-state index is 11.6. The van der Waals surface area contributed by atoms with Crippen LogP contribution >= 0.6 is 23.2 Å². The van der Waals surface area contributed by atoms with Gasteiger partial charge in [0.15, 0.2) is 0 Å². The molecule has 0 aliphatic rings. The van der Waals surface area contributed by atoms with Crippen LogP contribution in [0.4, 0.5) is 5.69 Å². The monoisotopic (exact) mass is 335 g/mol. The number of rotatable bonds is 3. The van der Waals surface area contributed by atoms with Gasteiger partial charge in [0.05, 0.1) is 6.21 Å². The third-order valence-electron chi connectivity index (χ3n) is 2.56. The quantitative estimate of drug-likeness (QED) is 0.514. The molecular weight excluding hydrogens is 325 g/mol. The molecule has 0 unspecified atom stereocenters. The smallest absolute Gasteiger partial charge is 0.318 e. The number of nitrogens with zero attached hydrogens (tertiary/aromatic N) is 1. The van der Waals surface area contributed by atoms with Crippen molar-refractivity contribution >= 4 is 46.9 Å². The molecule has 2 aromatic carbocycles. The largest absolute Gasteiger partial charge is 0.329 e. The van der Waals surface area contributed by atoms with Crippen molar-refractivity contribution in [2.75, 3.05) is 5.32 Å². The highest BCUT2D eigenvalue weighted by Crippen LogP contribution is 2.13. The summed E-state index contributed by atoms with van der Waals surface area (Å²) in [4.78, 5) is 23.2. The Labute approximate surface area is 136 Å². The van der Waals surface area contributed by atoms with Gasteiger partial charge >= 0.3 is 11.8 Å². The summed E-state index contributed by atoms with van der Waals surface area (Å²) in [7, 11) is 0. The van der Waals surface area contributed by atoms with E-state index in [-0.39, 0.29) is 0 Å². The average molecular weight is 336 g/mol. The zero-order valence-corrected chi connectivity index (χ0v) is 12.7. The van der Waals surface area contributed by atoms with Gasteiger partial charge in [0.2, 0.25) is 0 Å². The van der Waals surface area contributed by atoms with Crippen LogP contribution in [0.25, 0.3) is 0 Å². The Balaban J connectivity index is 1.87. The Kier molecular flexibility index (Phi) is 5.52. The lowest BCUT2D eigenvalue weighted by molar-refractivity contribution is -0.136. The third kappa shape index (κ3) is 4.87. The summed E-state index contributed by atoms with van der Waals surface area (Å²) in [6.07, 6.45) is 1.41. The van der Waals surface area contributed by atoms with Crippen LogP contribution in [-0.2, 0) is 9.59 Å². The number of anilines is 1. The van der Waals surface area contributed by atoms with E-state index >= 15 is 0 Å². The van der Waals surface area contributed by atoms with Crippen LogP contribution in [0.1, 0.15) is 5.56 Å². The minimum absolute atomic E-state index is 0.464. The van der Waals surface area contributed by atoms with Crippen molar-refractivity contribution in [3.63, 3.8) is 0 Å². The number of amides is 2. The second kappa shape index (κ2) is 7.59. The first kappa shape index (κ1) is 16.0. The van der Waals surface area contributed by atoms with Gasteiger partial charge in [-0.1, -0.05) is 35.3 Å². The molecule has 0 spiro atoms. The number of hydrazone groups is 1. The number of halogens is 2. The normalized spacial score (nSPS) is 10.5. The first-order chi connectivity index (χ1) is 10.5. The van der Waals surface area contributed by atoms with Gasteiger partial charge in [-0.05, 0) is 42.0 Å². The van der Waals surface area contributed by atoms with Crippen LogP contribution < -0.4 is 10.7 Å². The number of carbonyl (C=O) groups excluding carboxylic acids is 2. The Morgan fingerprint density at radius 1 is 0.864 bits per heavy atom. The van der Waals surface area contributed by atoms with Crippen LogP contribution in [0.15, 0.2) is 53.6 Å². The number of hydrogen-bond donors (Lipinski definition) is 2. The van der Waals surface area contributed by atoms with E-state index in [0.717, 1.165) is 5.56 Å². The van der Waals surface area contributed by atoms with Crippen molar-refractivity contribution in [3.8, 4) is 0 Å². The Morgan fingerprint density at radius 2 is 1.41 bits per heavy atom. The van der Waals surface area contributed by atoms with E-state index < -0.39 is 11.8 Å². The summed E-state index contributed by atoms with van der Waals surface area (Å²) in [5.41, 5.74) is 3.34. The maximum Gasteiger partial charge on any atom is 0.329 e. The molecule has 0 bridgehead atoms. The highest BCUT2D eigenvalue weighted by atomic mass is 35.5.